The van der Waals surface area contributed by atoms with Crippen LogP contribution in [0.5, 0.6) is 11.5 Å². The van der Waals surface area contributed by atoms with Crippen LogP contribution in [0.3, 0.4) is 0 Å². The number of ketones is 1. The van der Waals surface area contributed by atoms with Crippen LogP contribution in [0.4, 0.5) is 0 Å². The number of ether oxygens (including phenoxy) is 3. The molecule has 2 atom stereocenters. The predicted molar refractivity (Wildman–Crippen MR) is 142 cm³/mol. The third kappa shape index (κ3) is 5.52. The first kappa shape index (κ1) is 26.7. The summed E-state index contributed by atoms with van der Waals surface area (Å²) in [5.41, 5.74) is 1.88. The molecule has 0 bridgehead atoms. The van der Waals surface area contributed by atoms with Gasteiger partial charge in [0, 0.05) is 24.3 Å². The number of likely N-dealkylation sites (tertiary alicyclic amines) is 1. The molecule has 2 unspecified atom stereocenters. The van der Waals surface area contributed by atoms with Gasteiger partial charge in [0.1, 0.15) is 17.3 Å². The van der Waals surface area contributed by atoms with Crippen molar-refractivity contribution in [1.29, 1.82) is 0 Å². The molecule has 198 valence electrons. The Morgan fingerprint density at radius 2 is 1.84 bits per heavy atom. The van der Waals surface area contributed by atoms with Crippen molar-refractivity contribution in [2.45, 2.75) is 65.0 Å². The summed E-state index contributed by atoms with van der Waals surface area (Å²) >= 11 is 0. The molecule has 4 rings (SSSR count). The van der Waals surface area contributed by atoms with E-state index >= 15 is 0 Å². The van der Waals surface area contributed by atoms with E-state index in [0.717, 1.165) is 24.2 Å². The van der Waals surface area contributed by atoms with Crippen LogP contribution in [0.15, 0.2) is 48.0 Å². The van der Waals surface area contributed by atoms with Crippen molar-refractivity contribution in [2.75, 3.05) is 26.4 Å². The zero-order chi connectivity index (χ0) is 26.7. The van der Waals surface area contributed by atoms with Crippen molar-refractivity contribution < 1.29 is 28.9 Å². The summed E-state index contributed by atoms with van der Waals surface area (Å²) in [6, 6.07) is 12.0. The van der Waals surface area contributed by atoms with Gasteiger partial charge in [-0.15, -0.1) is 0 Å². The highest BCUT2D eigenvalue weighted by Gasteiger charge is 2.47. The summed E-state index contributed by atoms with van der Waals surface area (Å²) in [4.78, 5) is 28.3. The van der Waals surface area contributed by atoms with Crippen LogP contribution in [-0.2, 0) is 19.7 Å². The van der Waals surface area contributed by atoms with E-state index in [1.165, 1.54) is 4.90 Å². The number of carbonyl (C=O) groups excluding carboxylic acids is 2. The molecule has 2 fully saturated rings. The molecule has 2 aromatic carbocycles. The highest BCUT2D eigenvalue weighted by molar-refractivity contribution is 6.46. The first-order chi connectivity index (χ1) is 17.7. The Morgan fingerprint density at radius 1 is 1.08 bits per heavy atom. The van der Waals surface area contributed by atoms with Gasteiger partial charge in [-0.25, -0.2) is 0 Å². The van der Waals surface area contributed by atoms with Crippen molar-refractivity contribution in [3.63, 3.8) is 0 Å². The zero-order valence-electron chi connectivity index (χ0n) is 22.4. The van der Waals surface area contributed by atoms with E-state index in [-0.39, 0.29) is 29.4 Å². The van der Waals surface area contributed by atoms with Crippen molar-refractivity contribution >= 4 is 17.4 Å². The highest BCUT2D eigenvalue weighted by atomic mass is 16.5. The standard InChI is InChI=1S/C30H37NO6/c1-6-35-21-11-8-10-19(16-21)26-25(28(33)29(34)31(26)18-22-12-9-15-37-22)27(32)20-13-14-24(36-7-2)23(17-20)30(3,4)5/h8,10-11,13-14,16-17,22,26,32H,6-7,9,12,15,18H2,1-5H3/b27-25+. The van der Waals surface area contributed by atoms with E-state index in [9.17, 15) is 14.7 Å². The van der Waals surface area contributed by atoms with Gasteiger partial charge in [0.05, 0.1) is 30.9 Å². The lowest BCUT2D eigenvalue weighted by Gasteiger charge is -2.28. The minimum absolute atomic E-state index is 0.0701. The van der Waals surface area contributed by atoms with Gasteiger partial charge >= 0.3 is 0 Å². The number of hydrogen-bond donors (Lipinski definition) is 1. The Bertz CT molecular complexity index is 1190. The van der Waals surface area contributed by atoms with Gasteiger partial charge in [0.25, 0.3) is 11.7 Å². The monoisotopic (exact) mass is 507 g/mol. The van der Waals surface area contributed by atoms with E-state index in [2.05, 4.69) is 20.8 Å². The topological polar surface area (TPSA) is 85.3 Å². The summed E-state index contributed by atoms with van der Waals surface area (Å²) in [6.45, 7) is 11.9. The Kier molecular flexibility index (Phi) is 7.93. The van der Waals surface area contributed by atoms with Gasteiger partial charge in [-0.05, 0) is 68.0 Å². The van der Waals surface area contributed by atoms with Crippen molar-refractivity contribution in [3.05, 3.63) is 64.7 Å². The van der Waals surface area contributed by atoms with Gasteiger partial charge in [0.15, 0.2) is 0 Å². The van der Waals surface area contributed by atoms with Crippen LogP contribution in [0.25, 0.3) is 5.76 Å². The molecule has 0 saturated carbocycles. The maximum atomic E-state index is 13.4. The van der Waals surface area contributed by atoms with Crippen LogP contribution in [0.2, 0.25) is 0 Å². The van der Waals surface area contributed by atoms with Gasteiger partial charge in [0.2, 0.25) is 0 Å². The fourth-order valence-corrected chi connectivity index (χ4v) is 5.06. The number of amides is 1. The summed E-state index contributed by atoms with van der Waals surface area (Å²) in [6.07, 6.45) is 1.59. The number of aliphatic hydroxyl groups excluding tert-OH is 1. The molecule has 7 nitrogen and oxygen atoms in total. The number of benzene rings is 2. The zero-order valence-corrected chi connectivity index (χ0v) is 22.4. The fraction of sp³-hybridized carbons (Fsp3) is 0.467. The second kappa shape index (κ2) is 11.0. The minimum Gasteiger partial charge on any atom is -0.507 e. The first-order valence-corrected chi connectivity index (χ1v) is 13.1. The predicted octanol–water partition coefficient (Wildman–Crippen LogP) is 5.38. The number of carbonyl (C=O) groups is 2. The van der Waals surface area contributed by atoms with Crippen molar-refractivity contribution in [1.82, 2.24) is 4.90 Å². The van der Waals surface area contributed by atoms with E-state index in [1.807, 2.05) is 50.2 Å². The lowest BCUT2D eigenvalue weighted by molar-refractivity contribution is -0.140. The Balaban J connectivity index is 1.86. The smallest absolute Gasteiger partial charge is 0.295 e. The molecule has 1 amide bonds. The second-order valence-corrected chi connectivity index (χ2v) is 10.5. The molecule has 1 N–H and O–H groups in total. The van der Waals surface area contributed by atoms with E-state index in [1.54, 1.807) is 6.07 Å². The maximum absolute atomic E-state index is 13.4. The summed E-state index contributed by atoms with van der Waals surface area (Å²) < 4.78 is 17.3. The first-order valence-electron chi connectivity index (χ1n) is 13.1. The highest BCUT2D eigenvalue weighted by Crippen LogP contribution is 2.42. The molecule has 0 aliphatic carbocycles. The average Bonchev–Trinajstić information content (AvgIpc) is 3.46. The van der Waals surface area contributed by atoms with Crippen LogP contribution in [0, 0.1) is 0 Å². The Morgan fingerprint density at radius 3 is 2.49 bits per heavy atom. The Labute approximate surface area is 219 Å². The average molecular weight is 508 g/mol. The van der Waals surface area contributed by atoms with E-state index in [0.29, 0.717) is 36.7 Å². The van der Waals surface area contributed by atoms with Crippen LogP contribution >= 0.6 is 0 Å². The van der Waals surface area contributed by atoms with Crippen LogP contribution < -0.4 is 9.47 Å². The molecule has 2 saturated heterocycles. The molecule has 37 heavy (non-hydrogen) atoms. The number of aliphatic hydroxyl groups is 1. The maximum Gasteiger partial charge on any atom is 0.295 e. The minimum atomic E-state index is -0.755. The molecular weight excluding hydrogens is 470 g/mol. The fourth-order valence-electron chi connectivity index (χ4n) is 5.06. The SMILES string of the molecule is CCOc1cccc(C2/C(=C(\O)c3ccc(OCC)c(C(C)(C)C)c3)C(=O)C(=O)N2CC2CCCO2)c1. The number of rotatable bonds is 8. The van der Waals surface area contributed by atoms with Crippen LogP contribution in [0.1, 0.15) is 70.2 Å². The largest absolute Gasteiger partial charge is 0.507 e. The third-order valence-corrected chi connectivity index (χ3v) is 6.81. The van der Waals surface area contributed by atoms with Crippen LogP contribution in [-0.4, -0.2) is 54.2 Å². The number of Topliss-reactive ketones (excluding diaryl/α,β-unsaturated/α-hetero) is 1. The molecular formula is C30H37NO6. The second-order valence-electron chi connectivity index (χ2n) is 10.5. The Hall–Kier alpha value is -3.32. The van der Waals surface area contributed by atoms with Crippen molar-refractivity contribution in [3.8, 4) is 11.5 Å². The summed E-state index contributed by atoms with van der Waals surface area (Å²) in [7, 11) is 0. The third-order valence-electron chi connectivity index (χ3n) is 6.81. The van der Waals surface area contributed by atoms with Gasteiger partial charge in [-0.1, -0.05) is 32.9 Å². The molecule has 2 aliphatic heterocycles. The number of hydrogen-bond acceptors (Lipinski definition) is 6. The molecule has 0 aromatic heterocycles. The molecule has 2 aromatic rings. The van der Waals surface area contributed by atoms with E-state index in [4.69, 9.17) is 14.2 Å². The number of nitrogens with zero attached hydrogens (tertiary/aromatic N) is 1. The normalized spacial score (nSPS) is 21.5. The van der Waals surface area contributed by atoms with E-state index < -0.39 is 17.7 Å². The van der Waals surface area contributed by atoms with Crippen molar-refractivity contribution in [2.24, 2.45) is 0 Å². The quantitative estimate of drug-likeness (QED) is 0.293. The summed E-state index contributed by atoms with van der Waals surface area (Å²) in [5, 5.41) is 11.6. The molecule has 7 heteroatoms. The van der Waals surface area contributed by atoms with Gasteiger partial charge in [-0.2, -0.15) is 0 Å². The van der Waals surface area contributed by atoms with Gasteiger partial charge in [-0.3, -0.25) is 9.59 Å². The molecule has 2 aliphatic rings. The lowest BCUT2D eigenvalue weighted by atomic mass is 9.84. The summed E-state index contributed by atoms with van der Waals surface area (Å²) in [5.74, 6) is -0.168. The lowest BCUT2D eigenvalue weighted by Crippen LogP contribution is -2.36. The molecule has 0 radical (unpaired) electrons. The molecule has 0 spiro atoms. The van der Waals surface area contributed by atoms with Gasteiger partial charge < -0.3 is 24.2 Å². The molecule has 2 heterocycles.